The van der Waals surface area contributed by atoms with Crippen LogP contribution in [0.15, 0.2) is 30.3 Å². The summed E-state index contributed by atoms with van der Waals surface area (Å²) in [6.07, 6.45) is 2.16. The molecule has 3 heteroatoms. The van der Waals surface area contributed by atoms with Crippen molar-refractivity contribution >= 4 is 0 Å². The summed E-state index contributed by atoms with van der Waals surface area (Å²) in [5.74, 6) is 0. The van der Waals surface area contributed by atoms with Crippen LogP contribution in [0.2, 0.25) is 0 Å². The van der Waals surface area contributed by atoms with Crippen molar-refractivity contribution < 1.29 is 0 Å². The zero-order chi connectivity index (χ0) is 12.0. The zero-order valence-corrected chi connectivity index (χ0v) is 10.3. The predicted molar refractivity (Wildman–Crippen MR) is 68.1 cm³/mol. The van der Waals surface area contributed by atoms with Crippen LogP contribution in [-0.2, 0) is 5.54 Å². The lowest BCUT2D eigenvalue weighted by Gasteiger charge is -2.10. The van der Waals surface area contributed by atoms with Gasteiger partial charge in [-0.3, -0.25) is 0 Å². The van der Waals surface area contributed by atoms with Crippen molar-refractivity contribution in [1.29, 1.82) is 0 Å². The molecule has 0 radical (unpaired) electrons. The van der Waals surface area contributed by atoms with E-state index in [1.807, 2.05) is 22.9 Å². The summed E-state index contributed by atoms with van der Waals surface area (Å²) in [5, 5.41) is 4.62. The number of nitrogens with two attached hydrogens (primary N) is 1. The van der Waals surface area contributed by atoms with Crippen LogP contribution in [0.1, 0.15) is 29.8 Å². The maximum Gasteiger partial charge on any atom is 0.0651 e. The lowest BCUT2D eigenvalue weighted by molar-refractivity contribution is 0.724. The first-order valence-corrected chi connectivity index (χ1v) is 6.03. The van der Waals surface area contributed by atoms with Crippen molar-refractivity contribution in [2.45, 2.75) is 32.2 Å². The Morgan fingerprint density at radius 2 is 1.82 bits per heavy atom. The Balaban J connectivity index is 2.14. The van der Waals surface area contributed by atoms with Crippen LogP contribution in [0.5, 0.6) is 0 Å². The van der Waals surface area contributed by atoms with Crippen molar-refractivity contribution in [3.63, 3.8) is 0 Å². The molecule has 0 saturated heterocycles. The van der Waals surface area contributed by atoms with Crippen LogP contribution in [0, 0.1) is 13.8 Å². The van der Waals surface area contributed by atoms with Gasteiger partial charge in [0.05, 0.1) is 11.4 Å². The number of rotatable bonds is 2. The maximum atomic E-state index is 6.31. The molecule has 0 unspecified atom stereocenters. The molecule has 1 aromatic heterocycles. The van der Waals surface area contributed by atoms with E-state index in [0.717, 1.165) is 24.2 Å². The second-order valence-electron chi connectivity index (χ2n) is 4.95. The molecule has 0 bridgehead atoms. The highest BCUT2D eigenvalue weighted by atomic mass is 15.3. The maximum absolute atomic E-state index is 6.31. The summed E-state index contributed by atoms with van der Waals surface area (Å²) in [4.78, 5) is 0. The average Bonchev–Trinajstić information content (AvgIpc) is 2.97. The van der Waals surface area contributed by atoms with E-state index in [2.05, 4.69) is 31.1 Å². The van der Waals surface area contributed by atoms with Gasteiger partial charge in [-0.25, -0.2) is 4.68 Å². The molecule has 17 heavy (non-hydrogen) atoms. The van der Waals surface area contributed by atoms with E-state index in [4.69, 9.17) is 5.73 Å². The van der Waals surface area contributed by atoms with E-state index in [0.29, 0.717) is 0 Å². The zero-order valence-electron chi connectivity index (χ0n) is 10.3. The fourth-order valence-electron chi connectivity index (χ4n) is 2.57. The summed E-state index contributed by atoms with van der Waals surface area (Å²) in [6, 6.07) is 10.2. The van der Waals surface area contributed by atoms with Gasteiger partial charge in [-0.05, 0) is 38.8 Å². The van der Waals surface area contributed by atoms with Gasteiger partial charge >= 0.3 is 0 Å². The number of aromatic nitrogens is 2. The Morgan fingerprint density at radius 3 is 2.41 bits per heavy atom. The number of hydrogen-bond donors (Lipinski definition) is 1. The van der Waals surface area contributed by atoms with Gasteiger partial charge in [0.2, 0.25) is 0 Å². The number of aryl methyl sites for hydroxylation is 1. The standard InChI is InChI=1S/C14H17N3/c1-10-13(14(15)8-9-14)11(2)17(16-10)12-6-4-3-5-7-12/h3-7H,8-9,15H2,1-2H3. The molecular weight excluding hydrogens is 210 g/mol. The fourth-order valence-corrected chi connectivity index (χ4v) is 2.57. The lowest BCUT2D eigenvalue weighted by Crippen LogP contribution is -2.20. The van der Waals surface area contributed by atoms with Crippen molar-refractivity contribution in [1.82, 2.24) is 9.78 Å². The van der Waals surface area contributed by atoms with Gasteiger partial charge < -0.3 is 5.73 Å². The van der Waals surface area contributed by atoms with Gasteiger partial charge in [0.15, 0.2) is 0 Å². The topological polar surface area (TPSA) is 43.8 Å². The van der Waals surface area contributed by atoms with Crippen LogP contribution < -0.4 is 5.73 Å². The summed E-state index contributed by atoms with van der Waals surface area (Å²) >= 11 is 0. The van der Waals surface area contributed by atoms with Crippen LogP contribution >= 0.6 is 0 Å². The SMILES string of the molecule is Cc1nn(-c2ccccc2)c(C)c1C1(N)CC1. The third-order valence-electron chi connectivity index (χ3n) is 3.58. The van der Waals surface area contributed by atoms with Gasteiger partial charge in [0, 0.05) is 16.8 Å². The fraction of sp³-hybridized carbons (Fsp3) is 0.357. The Bertz CT molecular complexity index is 550. The van der Waals surface area contributed by atoms with Gasteiger partial charge in [0.25, 0.3) is 0 Å². The Labute approximate surface area is 101 Å². The third kappa shape index (κ3) is 1.58. The third-order valence-corrected chi connectivity index (χ3v) is 3.58. The summed E-state index contributed by atoms with van der Waals surface area (Å²) in [6.45, 7) is 4.16. The van der Waals surface area contributed by atoms with Gasteiger partial charge in [-0.2, -0.15) is 5.10 Å². The van der Waals surface area contributed by atoms with E-state index in [-0.39, 0.29) is 5.54 Å². The molecule has 0 amide bonds. The van der Waals surface area contributed by atoms with Crippen LogP contribution in [0.25, 0.3) is 5.69 Å². The molecule has 0 atom stereocenters. The summed E-state index contributed by atoms with van der Waals surface area (Å²) in [7, 11) is 0. The van der Waals surface area contributed by atoms with Crippen LogP contribution in [0.3, 0.4) is 0 Å². The molecule has 1 aromatic carbocycles. The van der Waals surface area contributed by atoms with Crippen molar-refractivity contribution in [3.05, 3.63) is 47.3 Å². The van der Waals surface area contributed by atoms with E-state index < -0.39 is 0 Å². The lowest BCUT2D eigenvalue weighted by atomic mass is 10.0. The van der Waals surface area contributed by atoms with Gasteiger partial charge in [-0.15, -0.1) is 0 Å². The van der Waals surface area contributed by atoms with Gasteiger partial charge in [0.1, 0.15) is 0 Å². The molecular formula is C14H17N3. The van der Waals surface area contributed by atoms with Crippen LogP contribution in [0.4, 0.5) is 0 Å². The molecule has 0 spiro atoms. The Kier molecular flexibility index (Phi) is 2.13. The molecule has 2 N–H and O–H groups in total. The summed E-state index contributed by atoms with van der Waals surface area (Å²) < 4.78 is 2.00. The molecule has 1 saturated carbocycles. The minimum absolute atomic E-state index is 0.110. The second kappa shape index (κ2) is 3.44. The predicted octanol–water partition coefficient (Wildman–Crippen LogP) is 2.44. The highest BCUT2D eigenvalue weighted by molar-refractivity contribution is 5.42. The molecule has 2 aromatic rings. The number of benzene rings is 1. The number of nitrogens with zero attached hydrogens (tertiary/aromatic N) is 2. The molecule has 1 aliphatic rings. The van der Waals surface area contributed by atoms with Gasteiger partial charge in [-0.1, -0.05) is 18.2 Å². The first-order chi connectivity index (χ1) is 8.12. The number of hydrogen-bond acceptors (Lipinski definition) is 2. The minimum Gasteiger partial charge on any atom is -0.321 e. The molecule has 1 aliphatic carbocycles. The largest absolute Gasteiger partial charge is 0.321 e. The van der Waals surface area contributed by atoms with Crippen molar-refractivity contribution in [2.24, 2.45) is 5.73 Å². The minimum atomic E-state index is -0.110. The molecule has 1 fully saturated rings. The smallest absolute Gasteiger partial charge is 0.0651 e. The quantitative estimate of drug-likeness (QED) is 0.856. The van der Waals surface area contributed by atoms with E-state index >= 15 is 0 Å². The Morgan fingerprint density at radius 1 is 1.18 bits per heavy atom. The highest BCUT2D eigenvalue weighted by Gasteiger charge is 2.43. The van der Waals surface area contributed by atoms with Crippen molar-refractivity contribution in [3.8, 4) is 5.69 Å². The summed E-state index contributed by atoms with van der Waals surface area (Å²) in [5.41, 5.74) is 10.8. The molecule has 1 heterocycles. The van der Waals surface area contributed by atoms with Crippen LogP contribution in [-0.4, -0.2) is 9.78 Å². The molecule has 3 rings (SSSR count). The molecule has 88 valence electrons. The highest BCUT2D eigenvalue weighted by Crippen LogP contribution is 2.45. The van der Waals surface area contributed by atoms with E-state index in [9.17, 15) is 0 Å². The van der Waals surface area contributed by atoms with E-state index in [1.54, 1.807) is 0 Å². The second-order valence-corrected chi connectivity index (χ2v) is 4.95. The molecule has 3 nitrogen and oxygen atoms in total. The first kappa shape index (κ1) is 10.5. The normalized spacial score (nSPS) is 17.1. The number of para-hydroxylation sites is 1. The Hall–Kier alpha value is -1.61. The first-order valence-electron chi connectivity index (χ1n) is 6.03. The molecule has 0 aliphatic heterocycles. The average molecular weight is 227 g/mol. The van der Waals surface area contributed by atoms with Crippen molar-refractivity contribution in [2.75, 3.05) is 0 Å². The van der Waals surface area contributed by atoms with E-state index in [1.165, 1.54) is 11.3 Å². The monoisotopic (exact) mass is 227 g/mol.